The molecule has 3 aromatic heterocycles. The van der Waals surface area contributed by atoms with Gasteiger partial charge in [0.1, 0.15) is 12.1 Å². The van der Waals surface area contributed by atoms with E-state index in [-0.39, 0.29) is 11.0 Å². The summed E-state index contributed by atoms with van der Waals surface area (Å²) < 4.78 is 32.5. The third-order valence-corrected chi connectivity index (χ3v) is 7.18. The lowest BCUT2D eigenvalue weighted by Crippen LogP contribution is -2.36. The molecule has 1 fully saturated rings. The molecule has 1 aliphatic rings. The van der Waals surface area contributed by atoms with Crippen LogP contribution in [-0.2, 0) is 10.0 Å². The van der Waals surface area contributed by atoms with Gasteiger partial charge in [-0.15, -0.1) is 0 Å². The van der Waals surface area contributed by atoms with Crippen molar-refractivity contribution in [1.29, 1.82) is 0 Å². The summed E-state index contributed by atoms with van der Waals surface area (Å²) in [5.41, 5.74) is 3.32. The van der Waals surface area contributed by atoms with Gasteiger partial charge in [-0.25, -0.2) is 23.1 Å². The minimum absolute atomic E-state index is 0.126. The van der Waals surface area contributed by atoms with E-state index in [1.165, 1.54) is 13.4 Å². The quantitative estimate of drug-likeness (QED) is 0.333. The summed E-state index contributed by atoms with van der Waals surface area (Å²) in [5, 5.41) is 21.1. The van der Waals surface area contributed by atoms with Crippen LogP contribution in [0.25, 0.3) is 22.3 Å². The van der Waals surface area contributed by atoms with Crippen molar-refractivity contribution < 1.29 is 17.9 Å². The van der Waals surface area contributed by atoms with E-state index in [9.17, 15) is 13.5 Å². The molecule has 11 nitrogen and oxygen atoms in total. The lowest BCUT2D eigenvalue weighted by atomic mass is 10.1. The number of sulfonamides is 1. The summed E-state index contributed by atoms with van der Waals surface area (Å²) in [4.78, 5) is 10.9. The third kappa shape index (κ3) is 4.03. The number of aromatic amines is 1. The zero-order chi connectivity index (χ0) is 23.0. The van der Waals surface area contributed by atoms with Gasteiger partial charge in [-0.05, 0) is 44.2 Å². The van der Waals surface area contributed by atoms with Crippen LogP contribution in [0.5, 0.6) is 0 Å². The van der Waals surface area contributed by atoms with Crippen LogP contribution in [0.2, 0.25) is 0 Å². The number of benzene rings is 1. The van der Waals surface area contributed by atoms with E-state index in [0.29, 0.717) is 54.2 Å². The van der Waals surface area contributed by atoms with Crippen molar-refractivity contribution in [3.63, 3.8) is 0 Å². The maximum Gasteiger partial charge on any atom is 0.240 e. The van der Waals surface area contributed by atoms with Crippen molar-refractivity contribution in [2.75, 3.05) is 30.4 Å². The smallest absolute Gasteiger partial charge is 0.240 e. The summed E-state index contributed by atoms with van der Waals surface area (Å²) in [6, 6.07) is 6.72. The number of aromatic nitrogens is 4. The van der Waals surface area contributed by atoms with E-state index in [1.54, 1.807) is 36.8 Å². The standard InChI is InChI=1S/C21H23N7O4S/c1-22-33(30,31)15-2-3-17(28-7-4-14(29)5-8-28)16(10-15)25-20-18-19(13-6-9-32-11-13)26-27-21(18)24-12-23-20/h2-3,6,9-12,14,22,29H,4-5,7-8H2,1H3,(H2,23,24,25,26,27). The molecule has 4 heterocycles. The van der Waals surface area contributed by atoms with Crippen LogP contribution in [-0.4, -0.2) is 59.9 Å². The van der Waals surface area contributed by atoms with E-state index in [0.717, 1.165) is 11.3 Å². The number of fused-ring (bicyclic) bond motifs is 1. The Kier molecular flexibility index (Phi) is 5.48. The highest BCUT2D eigenvalue weighted by molar-refractivity contribution is 7.89. The van der Waals surface area contributed by atoms with Gasteiger partial charge < -0.3 is 19.7 Å². The SMILES string of the molecule is CNS(=O)(=O)c1ccc(N2CCC(O)CC2)c(Nc2ncnc3n[nH]c(-c4ccoc4)c23)c1. The predicted octanol–water partition coefficient (Wildman–Crippen LogP) is 2.23. The molecule has 12 heteroatoms. The fourth-order valence-corrected chi connectivity index (χ4v) is 4.73. The van der Waals surface area contributed by atoms with Crippen molar-refractivity contribution >= 4 is 38.2 Å². The lowest BCUT2D eigenvalue weighted by Gasteiger charge is -2.33. The van der Waals surface area contributed by atoms with Gasteiger partial charge in [-0.3, -0.25) is 5.10 Å². The molecule has 0 bridgehead atoms. The van der Waals surface area contributed by atoms with E-state index < -0.39 is 10.0 Å². The summed E-state index contributed by atoms with van der Waals surface area (Å²) in [5.74, 6) is 0.474. The highest BCUT2D eigenvalue weighted by Crippen LogP contribution is 2.36. The van der Waals surface area contributed by atoms with Crippen LogP contribution in [0.4, 0.5) is 17.2 Å². The minimum atomic E-state index is -3.66. The molecule has 1 aliphatic heterocycles. The highest BCUT2D eigenvalue weighted by atomic mass is 32.2. The molecule has 0 aliphatic carbocycles. The minimum Gasteiger partial charge on any atom is -0.472 e. The molecule has 4 aromatic rings. The molecule has 0 saturated carbocycles. The average Bonchev–Trinajstić information content (AvgIpc) is 3.50. The maximum atomic E-state index is 12.5. The van der Waals surface area contributed by atoms with Crippen molar-refractivity contribution in [1.82, 2.24) is 24.9 Å². The van der Waals surface area contributed by atoms with Crippen LogP contribution in [0.15, 0.2) is 52.4 Å². The van der Waals surface area contributed by atoms with Gasteiger partial charge in [-0.2, -0.15) is 5.10 Å². The average molecular weight is 470 g/mol. The Hall–Kier alpha value is -3.48. The number of furan rings is 1. The molecule has 5 rings (SSSR count). The first-order valence-electron chi connectivity index (χ1n) is 10.5. The molecule has 0 atom stereocenters. The summed E-state index contributed by atoms with van der Waals surface area (Å²) in [7, 11) is -2.28. The molecule has 0 spiro atoms. The van der Waals surface area contributed by atoms with Crippen LogP contribution in [0.3, 0.4) is 0 Å². The van der Waals surface area contributed by atoms with E-state index in [1.807, 2.05) is 0 Å². The highest BCUT2D eigenvalue weighted by Gasteiger charge is 2.23. The Morgan fingerprint density at radius 3 is 2.76 bits per heavy atom. The fraction of sp³-hybridized carbons (Fsp3) is 0.286. The zero-order valence-electron chi connectivity index (χ0n) is 17.8. The molecule has 1 aromatic carbocycles. The van der Waals surface area contributed by atoms with Gasteiger partial charge >= 0.3 is 0 Å². The second kappa shape index (κ2) is 8.46. The third-order valence-electron chi connectivity index (χ3n) is 5.77. The fourth-order valence-electron chi connectivity index (χ4n) is 3.98. The molecule has 0 unspecified atom stereocenters. The van der Waals surface area contributed by atoms with Gasteiger partial charge in [0.15, 0.2) is 5.65 Å². The van der Waals surface area contributed by atoms with Crippen molar-refractivity contribution in [2.24, 2.45) is 0 Å². The zero-order valence-corrected chi connectivity index (χ0v) is 18.6. The number of aliphatic hydroxyl groups is 1. The normalized spacial score (nSPS) is 15.3. The Labute approximate surface area is 189 Å². The number of hydrogen-bond donors (Lipinski definition) is 4. The molecule has 1 saturated heterocycles. The van der Waals surface area contributed by atoms with Gasteiger partial charge in [0.05, 0.1) is 46.0 Å². The van der Waals surface area contributed by atoms with Crippen LogP contribution >= 0.6 is 0 Å². The number of nitrogens with one attached hydrogen (secondary N) is 3. The Bertz CT molecular complexity index is 1380. The lowest BCUT2D eigenvalue weighted by molar-refractivity contribution is 0.145. The van der Waals surface area contributed by atoms with Gasteiger partial charge in [-0.1, -0.05) is 0 Å². The Morgan fingerprint density at radius 1 is 1.21 bits per heavy atom. The topological polar surface area (TPSA) is 149 Å². The van der Waals surface area contributed by atoms with Gasteiger partial charge in [0.2, 0.25) is 10.0 Å². The number of aliphatic hydroxyl groups excluding tert-OH is 1. The number of rotatable bonds is 6. The predicted molar refractivity (Wildman–Crippen MR) is 123 cm³/mol. The van der Waals surface area contributed by atoms with E-state index in [4.69, 9.17) is 4.42 Å². The Balaban J connectivity index is 1.62. The molecule has 172 valence electrons. The van der Waals surface area contributed by atoms with Gasteiger partial charge in [0.25, 0.3) is 0 Å². The second-order valence-electron chi connectivity index (χ2n) is 7.76. The first-order chi connectivity index (χ1) is 16.0. The van der Waals surface area contributed by atoms with Gasteiger partial charge in [0, 0.05) is 18.7 Å². The van der Waals surface area contributed by atoms with E-state index >= 15 is 0 Å². The molecule has 33 heavy (non-hydrogen) atoms. The molecule has 0 radical (unpaired) electrons. The van der Waals surface area contributed by atoms with Crippen molar-refractivity contribution in [3.8, 4) is 11.3 Å². The monoisotopic (exact) mass is 469 g/mol. The second-order valence-corrected chi connectivity index (χ2v) is 9.65. The number of hydrogen-bond acceptors (Lipinski definition) is 9. The molecule has 0 amide bonds. The maximum absolute atomic E-state index is 12.5. The van der Waals surface area contributed by atoms with Crippen molar-refractivity contribution in [3.05, 3.63) is 43.1 Å². The molecular formula is C21H23N7O4S. The molecular weight excluding hydrogens is 446 g/mol. The summed E-state index contributed by atoms with van der Waals surface area (Å²) in [6.45, 7) is 1.30. The number of nitrogens with zero attached hydrogens (tertiary/aromatic N) is 4. The summed E-state index contributed by atoms with van der Waals surface area (Å²) in [6.07, 6.45) is 5.50. The Morgan fingerprint density at radius 2 is 2.03 bits per heavy atom. The first kappa shape index (κ1) is 21.4. The van der Waals surface area contributed by atoms with Crippen molar-refractivity contribution in [2.45, 2.75) is 23.8 Å². The van der Waals surface area contributed by atoms with Crippen LogP contribution in [0, 0.1) is 0 Å². The number of H-pyrrole nitrogens is 1. The van der Waals surface area contributed by atoms with Crippen LogP contribution < -0.4 is 14.9 Å². The number of piperidine rings is 1. The largest absolute Gasteiger partial charge is 0.472 e. The van der Waals surface area contributed by atoms with E-state index in [2.05, 4.69) is 35.1 Å². The number of anilines is 3. The molecule has 4 N–H and O–H groups in total. The first-order valence-corrected chi connectivity index (χ1v) is 11.9. The summed E-state index contributed by atoms with van der Waals surface area (Å²) >= 11 is 0. The van der Waals surface area contributed by atoms with Crippen LogP contribution in [0.1, 0.15) is 12.8 Å².